The van der Waals surface area contributed by atoms with Gasteiger partial charge in [0.25, 0.3) is 0 Å². The molecule has 0 aliphatic rings. The van der Waals surface area contributed by atoms with E-state index >= 15 is 0 Å². The smallest absolute Gasteiger partial charge is 0.405 e. The van der Waals surface area contributed by atoms with E-state index in [0.29, 0.717) is 18.4 Å². The molecule has 0 aliphatic carbocycles. The average molecular weight is 260 g/mol. The van der Waals surface area contributed by atoms with Crippen LogP contribution in [0.2, 0.25) is 0 Å². The second-order valence-corrected chi connectivity index (χ2v) is 5.58. The van der Waals surface area contributed by atoms with Gasteiger partial charge in [-0.25, -0.2) is 0 Å². The molecule has 0 spiro atoms. The van der Waals surface area contributed by atoms with Crippen LogP contribution in [0, 0.1) is 5.41 Å². The van der Waals surface area contributed by atoms with Crippen molar-refractivity contribution in [3.8, 4) is 5.75 Å². The molecule has 0 amide bonds. The summed E-state index contributed by atoms with van der Waals surface area (Å²) in [4.78, 5) is 0. The maximum Gasteiger partial charge on any atom is 0.573 e. The van der Waals surface area contributed by atoms with Crippen LogP contribution in [0.4, 0.5) is 13.2 Å². The highest BCUT2D eigenvalue weighted by Gasteiger charge is 2.32. The van der Waals surface area contributed by atoms with Gasteiger partial charge < -0.3 is 4.74 Å². The predicted molar refractivity (Wildman–Crippen MR) is 65.7 cm³/mol. The van der Waals surface area contributed by atoms with Crippen LogP contribution in [-0.4, -0.2) is 6.36 Å². The summed E-state index contributed by atoms with van der Waals surface area (Å²) < 4.78 is 41.0. The van der Waals surface area contributed by atoms with E-state index in [1.807, 2.05) is 33.8 Å². The highest BCUT2D eigenvalue weighted by atomic mass is 19.4. The monoisotopic (exact) mass is 260 g/mol. The fourth-order valence-corrected chi connectivity index (χ4v) is 1.83. The van der Waals surface area contributed by atoms with Crippen molar-refractivity contribution in [2.24, 2.45) is 5.41 Å². The molecule has 0 saturated heterocycles. The maximum absolute atomic E-state index is 12.3. The van der Waals surface area contributed by atoms with Crippen LogP contribution in [-0.2, 0) is 12.8 Å². The van der Waals surface area contributed by atoms with Crippen molar-refractivity contribution in [2.75, 3.05) is 0 Å². The van der Waals surface area contributed by atoms with Crippen LogP contribution in [0.3, 0.4) is 0 Å². The van der Waals surface area contributed by atoms with Crippen molar-refractivity contribution in [1.82, 2.24) is 0 Å². The molecule has 0 aromatic heterocycles. The third kappa shape index (κ3) is 4.98. The van der Waals surface area contributed by atoms with Gasteiger partial charge >= 0.3 is 6.36 Å². The lowest BCUT2D eigenvalue weighted by Crippen LogP contribution is -2.18. The zero-order valence-electron chi connectivity index (χ0n) is 11.2. The molecular formula is C14H19F3O. The van der Waals surface area contributed by atoms with Crippen LogP contribution in [0.5, 0.6) is 5.75 Å². The normalized spacial score (nSPS) is 12.6. The topological polar surface area (TPSA) is 9.23 Å². The maximum atomic E-state index is 12.3. The van der Waals surface area contributed by atoms with Crippen LogP contribution in [0.15, 0.2) is 18.2 Å². The molecule has 1 aromatic rings. The molecule has 4 heteroatoms. The van der Waals surface area contributed by atoms with E-state index in [1.54, 1.807) is 6.07 Å². The summed E-state index contributed by atoms with van der Waals surface area (Å²) in [6.07, 6.45) is -3.41. The van der Waals surface area contributed by atoms with Gasteiger partial charge in [-0.05, 0) is 35.4 Å². The molecule has 1 aromatic carbocycles. The molecule has 0 heterocycles. The van der Waals surface area contributed by atoms with Gasteiger partial charge in [-0.15, -0.1) is 13.2 Å². The summed E-state index contributed by atoms with van der Waals surface area (Å²) in [5.74, 6) is -0.0771. The standard InChI is InChI=1S/C14H19F3O/c1-5-11-7-6-10(9-13(2,3)4)8-12(11)18-14(15,16)17/h6-8H,5,9H2,1-4H3. The van der Waals surface area contributed by atoms with E-state index < -0.39 is 6.36 Å². The molecular weight excluding hydrogens is 241 g/mol. The number of hydrogen-bond donors (Lipinski definition) is 0. The Labute approximate surface area is 106 Å². The first-order valence-corrected chi connectivity index (χ1v) is 5.98. The summed E-state index contributed by atoms with van der Waals surface area (Å²) >= 11 is 0. The highest BCUT2D eigenvalue weighted by Crippen LogP contribution is 2.30. The van der Waals surface area contributed by atoms with Crippen LogP contribution in [0.1, 0.15) is 38.8 Å². The lowest BCUT2D eigenvalue weighted by Gasteiger charge is -2.20. The Hall–Kier alpha value is -1.19. The van der Waals surface area contributed by atoms with Gasteiger partial charge in [0.1, 0.15) is 5.75 Å². The zero-order valence-corrected chi connectivity index (χ0v) is 11.2. The van der Waals surface area contributed by atoms with Crippen molar-refractivity contribution >= 4 is 0 Å². The molecule has 0 saturated carbocycles. The lowest BCUT2D eigenvalue weighted by molar-refractivity contribution is -0.274. The van der Waals surface area contributed by atoms with Crippen molar-refractivity contribution in [2.45, 2.75) is 46.9 Å². The molecule has 0 radical (unpaired) electrons. The average Bonchev–Trinajstić information content (AvgIpc) is 2.12. The Morgan fingerprint density at radius 3 is 2.17 bits per heavy atom. The molecule has 0 bridgehead atoms. The van der Waals surface area contributed by atoms with E-state index in [1.165, 1.54) is 6.07 Å². The Balaban J connectivity index is 3.02. The lowest BCUT2D eigenvalue weighted by atomic mass is 9.87. The number of aryl methyl sites for hydroxylation is 1. The summed E-state index contributed by atoms with van der Waals surface area (Å²) in [7, 11) is 0. The summed E-state index contributed by atoms with van der Waals surface area (Å²) in [5, 5.41) is 0. The minimum atomic E-state index is -4.63. The van der Waals surface area contributed by atoms with Gasteiger partial charge in [0, 0.05) is 0 Å². The number of ether oxygens (including phenoxy) is 1. The minimum Gasteiger partial charge on any atom is -0.405 e. The zero-order chi connectivity index (χ0) is 14.0. The van der Waals surface area contributed by atoms with Crippen molar-refractivity contribution < 1.29 is 17.9 Å². The number of hydrogen-bond acceptors (Lipinski definition) is 1. The predicted octanol–water partition coefficient (Wildman–Crippen LogP) is 4.74. The summed E-state index contributed by atoms with van der Waals surface area (Å²) in [6, 6.07) is 5.08. The molecule has 0 fully saturated rings. The molecule has 0 aliphatic heterocycles. The van der Waals surface area contributed by atoms with Crippen molar-refractivity contribution in [3.05, 3.63) is 29.3 Å². The summed E-state index contributed by atoms with van der Waals surface area (Å²) in [6.45, 7) is 7.95. The van der Waals surface area contributed by atoms with E-state index in [-0.39, 0.29) is 11.2 Å². The third-order valence-electron chi connectivity index (χ3n) is 2.47. The second kappa shape index (κ2) is 5.21. The first-order chi connectivity index (χ1) is 8.11. The number of rotatable bonds is 3. The third-order valence-corrected chi connectivity index (χ3v) is 2.47. The molecule has 0 atom stereocenters. The number of halogens is 3. The quantitative estimate of drug-likeness (QED) is 0.763. The molecule has 102 valence electrons. The minimum absolute atomic E-state index is 0.0310. The molecule has 18 heavy (non-hydrogen) atoms. The fraction of sp³-hybridized carbons (Fsp3) is 0.571. The Bertz CT molecular complexity index is 402. The van der Waals surface area contributed by atoms with Gasteiger partial charge in [0.2, 0.25) is 0 Å². The van der Waals surface area contributed by atoms with Crippen molar-refractivity contribution in [3.63, 3.8) is 0 Å². The van der Waals surface area contributed by atoms with Gasteiger partial charge in [-0.2, -0.15) is 0 Å². The highest BCUT2D eigenvalue weighted by molar-refractivity contribution is 5.38. The first kappa shape index (κ1) is 14.9. The first-order valence-electron chi connectivity index (χ1n) is 5.98. The van der Waals surface area contributed by atoms with E-state index in [0.717, 1.165) is 5.56 Å². The molecule has 0 N–H and O–H groups in total. The van der Waals surface area contributed by atoms with Crippen LogP contribution in [0.25, 0.3) is 0 Å². The Morgan fingerprint density at radius 1 is 1.11 bits per heavy atom. The van der Waals surface area contributed by atoms with E-state index in [9.17, 15) is 13.2 Å². The van der Waals surface area contributed by atoms with Gasteiger partial charge in [0.15, 0.2) is 0 Å². The van der Waals surface area contributed by atoms with Gasteiger partial charge in [-0.1, -0.05) is 39.8 Å². The van der Waals surface area contributed by atoms with Gasteiger partial charge in [0.05, 0.1) is 0 Å². The summed E-state index contributed by atoms with van der Waals surface area (Å²) in [5.41, 5.74) is 1.47. The van der Waals surface area contributed by atoms with Crippen LogP contribution < -0.4 is 4.74 Å². The number of benzene rings is 1. The van der Waals surface area contributed by atoms with Crippen LogP contribution >= 0.6 is 0 Å². The number of alkyl halides is 3. The largest absolute Gasteiger partial charge is 0.573 e. The molecule has 1 rings (SSSR count). The van der Waals surface area contributed by atoms with Crippen molar-refractivity contribution in [1.29, 1.82) is 0 Å². The fourth-order valence-electron chi connectivity index (χ4n) is 1.83. The Morgan fingerprint density at radius 2 is 1.72 bits per heavy atom. The molecule has 1 nitrogen and oxygen atoms in total. The Kier molecular flexibility index (Phi) is 4.30. The molecule has 0 unspecified atom stereocenters. The van der Waals surface area contributed by atoms with E-state index in [4.69, 9.17) is 0 Å². The second-order valence-electron chi connectivity index (χ2n) is 5.58. The SMILES string of the molecule is CCc1ccc(CC(C)(C)C)cc1OC(F)(F)F. The van der Waals surface area contributed by atoms with E-state index in [2.05, 4.69) is 4.74 Å². The van der Waals surface area contributed by atoms with Gasteiger partial charge in [-0.3, -0.25) is 0 Å².